The second-order valence-corrected chi connectivity index (χ2v) is 6.03. The summed E-state index contributed by atoms with van der Waals surface area (Å²) in [6.45, 7) is 8.65. The van der Waals surface area contributed by atoms with E-state index in [1.807, 2.05) is 0 Å². The minimum Gasteiger partial charge on any atom is -0.0952 e. The van der Waals surface area contributed by atoms with Gasteiger partial charge in [0.1, 0.15) is 0 Å². The highest BCUT2D eigenvalue weighted by molar-refractivity contribution is 5.69. The highest BCUT2D eigenvalue weighted by Crippen LogP contribution is 2.48. The Hall–Kier alpha value is -2.60. The van der Waals surface area contributed by atoms with E-state index in [2.05, 4.69) is 86.0 Å². The van der Waals surface area contributed by atoms with Crippen molar-refractivity contribution >= 4 is 12.2 Å². The molecule has 0 bridgehead atoms. The van der Waals surface area contributed by atoms with Crippen molar-refractivity contribution < 1.29 is 0 Å². The van der Waals surface area contributed by atoms with Crippen molar-refractivity contribution in [3.63, 3.8) is 0 Å². The number of benzene rings is 2. The van der Waals surface area contributed by atoms with Crippen LogP contribution < -0.4 is 0 Å². The molecular formula is C22H18. The van der Waals surface area contributed by atoms with Crippen molar-refractivity contribution in [2.45, 2.75) is 11.8 Å². The van der Waals surface area contributed by atoms with Crippen LogP contribution in [0.2, 0.25) is 0 Å². The Bertz CT molecular complexity index is 761. The Kier molecular flexibility index (Phi) is 2.97. The molecule has 106 valence electrons. The molecule has 2 atom stereocenters. The quantitative estimate of drug-likeness (QED) is 0.627. The largest absolute Gasteiger partial charge is 0.0952 e. The van der Waals surface area contributed by atoms with Gasteiger partial charge in [0.05, 0.1) is 0 Å². The summed E-state index contributed by atoms with van der Waals surface area (Å²) in [6, 6.07) is 17.2. The third kappa shape index (κ3) is 1.92. The van der Waals surface area contributed by atoms with Crippen LogP contribution in [-0.4, -0.2) is 0 Å². The maximum absolute atomic E-state index is 4.33. The summed E-state index contributed by atoms with van der Waals surface area (Å²) in [5.74, 6) is 0.527. The molecule has 2 aliphatic carbocycles. The lowest BCUT2D eigenvalue weighted by Crippen LogP contribution is -2.19. The average Bonchev–Trinajstić information content (AvgIpc) is 2.56. The molecular weight excluding hydrogens is 264 g/mol. The fourth-order valence-corrected chi connectivity index (χ4v) is 3.68. The first kappa shape index (κ1) is 13.1. The topological polar surface area (TPSA) is 0 Å². The smallest absolute Gasteiger partial charge is 0.0199 e. The van der Waals surface area contributed by atoms with E-state index in [-0.39, 0.29) is 11.8 Å². The molecule has 2 aromatic rings. The van der Waals surface area contributed by atoms with E-state index in [0.29, 0.717) is 0 Å². The lowest BCUT2D eigenvalue weighted by Gasteiger charge is -2.35. The fraction of sp³-hybridized carbons (Fsp3) is 0.0909. The molecule has 0 heterocycles. The number of hydrogen-bond acceptors (Lipinski definition) is 0. The first-order valence-electron chi connectivity index (χ1n) is 7.67. The van der Waals surface area contributed by atoms with Crippen LogP contribution in [-0.2, 0) is 0 Å². The molecule has 2 aliphatic rings. The molecule has 0 nitrogen and oxygen atoms in total. The zero-order valence-corrected chi connectivity index (χ0v) is 12.5. The first-order chi connectivity index (χ1) is 10.8. The number of hydrogen-bond donors (Lipinski definition) is 0. The van der Waals surface area contributed by atoms with E-state index in [0.717, 1.165) is 11.1 Å². The second kappa shape index (κ2) is 4.99. The molecule has 0 aliphatic heterocycles. The van der Waals surface area contributed by atoms with Crippen LogP contribution in [0, 0.1) is 0 Å². The molecule has 0 aromatic heterocycles. The van der Waals surface area contributed by atoms with Gasteiger partial charge < -0.3 is 0 Å². The molecule has 0 spiro atoms. The molecule has 4 rings (SSSR count). The summed E-state index contributed by atoms with van der Waals surface area (Å²) in [5.41, 5.74) is 7.61. The Labute approximate surface area is 131 Å². The molecule has 0 fully saturated rings. The van der Waals surface area contributed by atoms with Gasteiger partial charge in [0, 0.05) is 11.8 Å². The molecule has 0 amide bonds. The average molecular weight is 282 g/mol. The van der Waals surface area contributed by atoms with Gasteiger partial charge in [0.25, 0.3) is 0 Å². The maximum atomic E-state index is 4.33. The highest BCUT2D eigenvalue weighted by atomic mass is 14.4. The summed E-state index contributed by atoms with van der Waals surface area (Å²) in [4.78, 5) is 0. The van der Waals surface area contributed by atoms with Crippen LogP contribution in [0.4, 0.5) is 0 Å². The lowest BCUT2D eigenvalue weighted by atomic mass is 9.68. The highest BCUT2D eigenvalue weighted by Gasteiger charge is 2.32. The minimum atomic E-state index is 0.264. The zero-order valence-electron chi connectivity index (χ0n) is 12.5. The van der Waals surface area contributed by atoms with Gasteiger partial charge in [-0.3, -0.25) is 0 Å². The molecule has 0 N–H and O–H groups in total. The standard InChI is InChI=1S/C22H18/c1-15-11-13-17-7-3-5-9-19(17)21(15)22-16(2)12-14-18-8-4-6-10-20(18)22/h3-14,21-22H,1-2H2. The summed E-state index contributed by atoms with van der Waals surface area (Å²) >= 11 is 0. The number of fused-ring (bicyclic) bond motifs is 2. The summed E-state index contributed by atoms with van der Waals surface area (Å²) in [6.07, 6.45) is 8.64. The predicted molar refractivity (Wildman–Crippen MR) is 94.7 cm³/mol. The van der Waals surface area contributed by atoms with E-state index < -0.39 is 0 Å². The molecule has 22 heavy (non-hydrogen) atoms. The Morgan fingerprint density at radius 1 is 0.545 bits per heavy atom. The maximum Gasteiger partial charge on any atom is 0.0199 e. The van der Waals surface area contributed by atoms with Crippen molar-refractivity contribution in [3.05, 3.63) is 107 Å². The Balaban J connectivity index is 1.91. The predicted octanol–water partition coefficient (Wildman–Crippen LogP) is 5.72. The molecule has 2 unspecified atom stereocenters. The van der Waals surface area contributed by atoms with Crippen molar-refractivity contribution in [2.75, 3.05) is 0 Å². The van der Waals surface area contributed by atoms with Gasteiger partial charge in [-0.15, -0.1) is 0 Å². The van der Waals surface area contributed by atoms with E-state index in [1.54, 1.807) is 0 Å². The van der Waals surface area contributed by atoms with E-state index in [4.69, 9.17) is 0 Å². The van der Waals surface area contributed by atoms with Gasteiger partial charge in [-0.05, 0) is 33.4 Å². The van der Waals surface area contributed by atoms with E-state index in [1.165, 1.54) is 22.3 Å². The molecule has 2 aromatic carbocycles. The van der Waals surface area contributed by atoms with Crippen LogP contribution in [0.3, 0.4) is 0 Å². The van der Waals surface area contributed by atoms with Crippen molar-refractivity contribution in [2.24, 2.45) is 0 Å². The Morgan fingerprint density at radius 3 is 1.41 bits per heavy atom. The van der Waals surface area contributed by atoms with Gasteiger partial charge in [-0.1, -0.05) is 86.0 Å². The van der Waals surface area contributed by atoms with Crippen LogP contribution in [0.1, 0.15) is 34.1 Å². The van der Waals surface area contributed by atoms with Crippen molar-refractivity contribution in [1.82, 2.24) is 0 Å². The van der Waals surface area contributed by atoms with Crippen LogP contribution >= 0.6 is 0 Å². The Morgan fingerprint density at radius 2 is 0.955 bits per heavy atom. The summed E-state index contributed by atoms with van der Waals surface area (Å²) in [7, 11) is 0. The monoisotopic (exact) mass is 282 g/mol. The minimum absolute atomic E-state index is 0.264. The van der Waals surface area contributed by atoms with Gasteiger partial charge >= 0.3 is 0 Å². The zero-order chi connectivity index (χ0) is 15.1. The van der Waals surface area contributed by atoms with Gasteiger partial charge in [-0.25, -0.2) is 0 Å². The SMILES string of the molecule is C=C1C=Cc2ccccc2C1C1C(=C)C=Cc2ccccc21. The normalized spacial score (nSPS) is 22.4. The molecule has 0 radical (unpaired) electrons. The third-order valence-corrected chi connectivity index (χ3v) is 4.75. The molecule has 0 saturated heterocycles. The number of rotatable bonds is 1. The summed E-state index contributed by atoms with van der Waals surface area (Å²) < 4.78 is 0. The van der Waals surface area contributed by atoms with Gasteiger partial charge in [0.15, 0.2) is 0 Å². The van der Waals surface area contributed by atoms with Crippen molar-refractivity contribution in [1.29, 1.82) is 0 Å². The van der Waals surface area contributed by atoms with Crippen LogP contribution in [0.5, 0.6) is 0 Å². The fourth-order valence-electron chi connectivity index (χ4n) is 3.68. The number of allylic oxidation sites excluding steroid dienone is 4. The third-order valence-electron chi connectivity index (χ3n) is 4.75. The van der Waals surface area contributed by atoms with Gasteiger partial charge in [0.2, 0.25) is 0 Å². The van der Waals surface area contributed by atoms with E-state index >= 15 is 0 Å². The van der Waals surface area contributed by atoms with Gasteiger partial charge in [-0.2, -0.15) is 0 Å². The molecule has 0 heteroatoms. The van der Waals surface area contributed by atoms with E-state index in [9.17, 15) is 0 Å². The lowest BCUT2D eigenvalue weighted by molar-refractivity contribution is 0.687. The molecule has 0 saturated carbocycles. The van der Waals surface area contributed by atoms with Crippen LogP contribution in [0.15, 0.2) is 85.0 Å². The van der Waals surface area contributed by atoms with Crippen LogP contribution in [0.25, 0.3) is 12.2 Å². The summed E-state index contributed by atoms with van der Waals surface area (Å²) in [5, 5.41) is 0. The second-order valence-electron chi connectivity index (χ2n) is 6.03. The van der Waals surface area contributed by atoms with Crippen molar-refractivity contribution in [3.8, 4) is 0 Å². The first-order valence-corrected chi connectivity index (χ1v) is 7.67.